The molecule has 0 unspecified atom stereocenters. The van der Waals surface area contributed by atoms with Gasteiger partial charge in [0.1, 0.15) is 0 Å². The summed E-state index contributed by atoms with van der Waals surface area (Å²) in [5.41, 5.74) is 0. The first-order chi connectivity index (χ1) is 10.1. The fraction of sp³-hybridized carbons (Fsp3) is 0.941. The van der Waals surface area contributed by atoms with Crippen LogP contribution in [0.25, 0.3) is 0 Å². The van der Waals surface area contributed by atoms with E-state index in [2.05, 4.69) is 29.2 Å². The minimum atomic E-state index is 0.212. The van der Waals surface area contributed by atoms with Crippen molar-refractivity contribution in [2.45, 2.75) is 69.9 Å². The summed E-state index contributed by atoms with van der Waals surface area (Å²) < 4.78 is 0. The van der Waals surface area contributed by atoms with Gasteiger partial charge in [0.2, 0.25) is 5.91 Å². The highest BCUT2D eigenvalue weighted by Gasteiger charge is 2.23. The zero-order valence-corrected chi connectivity index (χ0v) is 13.9. The number of hydrogen-bond donors (Lipinski definition) is 1. The first-order valence-electron chi connectivity index (χ1n) is 8.83. The monoisotopic (exact) mass is 295 g/mol. The van der Waals surface area contributed by atoms with E-state index in [9.17, 15) is 4.79 Å². The Balaban J connectivity index is 1.67. The minimum Gasteiger partial charge on any atom is -0.352 e. The molecule has 0 aromatic rings. The standard InChI is InChI=1S/C17H33N3O/c1-19(13-16-11-8-12-20(16)2)14-17(21)18-15-9-6-4-3-5-7-10-15/h15-16H,3-14H2,1-2H3,(H,18,21)/t16-/m1/s1. The highest BCUT2D eigenvalue weighted by molar-refractivity contribution is 5.78. The van der Waals surface area contributed by atoms with E-state index in [1.165, 1.54) is 64.3 Å². The van der Waals surface area contributed by atoms with Crippen molar-refractivity contribution in [3.8, 4) is 0 Å². The van der Waals surface area contributed by atoms with Crippen LogP contribution in [0.1, 0.15) is 57.8 Å². The number of likely N-dealkylation sites (N-methyl/N-ethyl adjacent to an activating group) is 2. The Hall–Kier alpha value is -0.610. The molecular formula is C17H33N3O. The summed E-state index contributed by atoms with van der Waals surface area (Å²) in [6, 6.07) is 1.05. The van der Waals surface area contributed by atoms with Gasteiger partial charge in [-0.15, -0.1) is 0 Å². The molecule has 2 aliphatic rings. The van der Waals surface area contributed by atoms with E-state index in [-0.39, 0.29) is 5.91 Å². The second kappa shape index (κ2) is 8.74. The first-order valence-corrected chi connectivity index (χ1v) is 8.83. The predicted octanol–water partition coefficient (Wildman–Crippen LogP) is 2.24. The maximum Gasteiger partial charge on any atom is 0.234 e. The van der Waals surface area contributed by atoms with Crippen molar-refractivity contribution >= 4 is 5.91 Å². The van der Waals surface area contributed by atoms with Gasteiger partial charge in [-0.25, -0.2) is 0 Å². The lowest BCUT2D eigenvalue weighted by molar-refractivity contribution is -0.122. The highest BCUT2D eigenvalue weighted by atomic mass is 16.2. The van der Waals surface area contributed by atoms with E-state index in [4.69, 9.17) is 0 Å². The van der Waals surface area contributed by atoms with E-state index < -0.39 is 0 Å². The number of carbonyl (C=O) groups excluding carboxylic acids is 1. The molecule has 4 nitrogen and oxygen atoms in total. The Morgan fingerprint density at radius 3 is 2.38 bits per heavy atom. The normalized spacial score (nSPS) is 25.8. The van der Waals surface area contributed by atoms with Gasteiger partial charge >= 0.3 is 0 Å². The SMILES string of the molecule is CN(CC(=O)NC1CCCCCCC1)C[C@H]1CCCN1C. The van der Waals surface area contributed by atoms with Gasteiger partial charge in [0, 0.05) is 18.6 Å². The molecule has 0 spiro atoms. The molecule has 1 atom stereocenters. The number of hydrogen-bond acceptors (Lipinski definition) is 3. The molecule has 2 rings (SSSR count). The van der Waals surface area contributed by atoms with E-state index in [1.807, 2.05) is 0 Å². The molecular weight excluding hydrogens is 262 g/mol. The smallest absolute Gasteiger partial charge is 0.234 e. The molecule has 21 heavy (non-hydrogen) atoms. The molecule has 0 aromatic heterocycles. The zero-order chi connectivity index (χ0) is 15.1. The minimum absolute atomic E-state index is 0.212. The second-order valence-corrected chi connectivity index (χ2v) is 7.08. The van der Waals surface area contributed by atoms with Crippen LogP contribution in [0.5, 0.6) is 0 Å². The van der Waals surface area contributed by atoms with Gasteiger partial charge in [0.25, 0.3) is 0 Å². The van der Waals surface area contributed by atoms with Crippen molar-refractivity contribution in [3.63, 3.8) is 0 Å². The van der Waals surface area contributed by atoms with E-state index in [1.54, 1.807) is 0 Å². The van der Waals surface area contributed by atoms with Crippen LogP contribution in [0.3, 0.4) is 0 Å². The van der Waals surface area contributed by atoms with Gasteiger partial charge in [-0.05, 0) is 46.3 Å². The van der Waals surface area contributed by atoms with Crippen molar-refractivity contribution in [1.29, 1.82) is 0 Å². The summed E-state index contributed by atoms with van der Waals surface area (Å²) in [6.45, 7) is 2.75. The number of nitrogens with zero attached hydrogens (tertiary/aromatic N) is 2. The fourth-order valence-electron chi connectivity index (χ4n) is 3.75. The number of rotatable bonds is 5. The molecule has 1 N–H and O–H groups in total. The lowest BCUT2D eigenvalue weighted by Crippen LogP contribution is -2.44. The molecule has 1 heterocycles. The number of carbonyl (C=O) groups is 1. The number of likely N-dealkylation sites (tertiary alicyclic amines) is 1. The van der Waals surface area contributed by atoms with E-state index >= 15 is 0 Å². The maximum atomic E-state index is 12.2. The maximum absolute atomic E-state index is 12.2. The van der Waals surface area contributed by atoms with Gasteiger partial charge in [-0.1, -0.05) is 32.1 Å². The van der Waals surface area contributed by atoms with Crippen LogP contribution in [-0.4, -0.2) is 61.5 Å². The number of nitrogens with one attached hydrogen (secondary N) is 1. The summed E-state index contributed by atoms with van der Waals surface area (Å²) in [5, 5.41) is 3.26. The molecule has 1 aliphatic carbocycles. The van der Waals surface area contributed by atoms with Gasteiger partial charge in [-0.2, -0.15) is 0 Å². The quantitative estimate of drug-likeness (QED) is 0.845. The molecule has 122 valence electrons. The third kappa shape index (κ3) is 5.95. The lowest BCUT2D eigenvalue weighted by atomic mass is 9.97. The van der Waals surface area contributed by atoms with Crippen LogP contribution >= 0.6 is 0 Å². The molecule has 0 bridgehead atoms. The molecule has 0 aromatic carbocycles. The lowest BCUT2D eigenvalue weighted by Gasteiger charge is -2.26. The Kier molecular flexibility index (Phi) is 6.97. The van der Waals surface area contributed by atoms with Gasteiger partial charge in [0.05, 0.1) is 6.54 Å². The average Bonchev–Trinajstić information content (AvgIpc) is 2.78. The molecule has 1 saturated heterocycles. The van der Waals surface area contributed by atoms with Crippen LogP contribution in [0, 0.1) is 0 Å². The van der Waals surface area contributed by atoms with Crippen molar-refractivity contribution in [3.05, 3.63) is 0 Å². The van der Waals surface area contributed by atoms with Crippen molar-refractivity contribution in [2.75, 3.05) is 33.7 Å². The third-order valence-electron chi connectivity index (χ3n) is 5.08. The summed E-state index contributed by atoms with van der Waals surface area (Å²) in [6.07, 6.45) is 11.5. The largest absolute Gasteiger partial charge is 0.352 e. The Morgan fingerprint density at radius 1 is 1.10 bits per heavy atom. The fourth-order valence-corrected chi connectivity index (χ4v) is 3.75. The molecule has 2 fully saturated rings. The average molecular weight is 295 g/mol. The Bertz CT molecular complexity index is 313. The summed E-state index contributed by atoms with van der Waals surface area (Å²) in [4.78, 5) is 16.8. The summed E-state index contributed by atoms with van der Waals surface area (Å²) >= 11 is 0. The third-order valence-corrected chi connectivity index (χ3v) is 5.08. The van der Waals surface area contributed by atoms with E-state index in [0.29, 0.717) is 18.6 Å². The highest BCUT2D eigenvalue weighted by Crippen LogP contribution is 2.17. The summed E-state index contributed by atoms with van der Waals surface area (Å²) in [7, 11) is 4.27. The molecule has 1 aliphatic heterocycles. The van der Waals surface area contributed by atoms with Crippen molar-refractivity contribution < 1.29 is 4.79 Å². The van der Waals surface area contributed by atoms with Crippen molar-refractivity contribution in [1.82, 2.24) is 15.1 Å². The molecule has 4 heteroatoms. The second-order valence-electron chi connectivity index (χ2n) is 7.08. The predicted molar refractivity (Wildman–Crippen MR) is 87.4 cm³/mol. The Morgan fingerprint density at radius 2 is 1.76 bits per heavy atom. The molecule has 1 amide bonds. The molecule has 0 radical (unpaired) electrons. The Labute approximate surface area is 130 Å². The first kappa shape index (κ1) is 16.8. The van der Waals surface area contributed by atoms with Crippen LogP contribution < -0.4 is 5.32 Å². The van der Waals surface area contributed by atoms with Gasteiger partial charge < -0.3 is 10.2 Å². The van der Waals surface area contributed by atoms with Crippen LogP contribution in [0.4, 0.5) is 0 Å². The summed E-state index contributed by atoms with van der Waals surface area (Å²) in [5.74, 6) is 0.212. The zero-order valence-electron chi connectivity index (χ0n) is 13.9. The molecule has 1 saturated carbocycles. The van der Waals surface area contributed by atoms with Gasteiger partial charge in [0.15, 0.2) is 0 Å². The van der Waals surface area contributed by atoms with E-state index in [0.717, 1.165) is 6.54 Å². The van der Waals surface area contributed by atoms with Crippen LogP contribution in [0.15, 0.2) is 0 Å². The van der Waals surface area contributed by atoms with Crippen LogP contribution in [0.2, 0.25) is 0 Å². The number of amides is 1. The van der Waals surface area contributed by atoms with Gasteiger partial charge in [-0.3, -0.25) is 9.69 Å². The van der Waals surface area contributed by atoms with Crippen molar-refractivity contribution in [2.24, 2.45) is 0 Å². The topological polar surface area (TPSA) is 35.6 Å². The van der Waals surface area contributed by atoms with Crippen LogP contribution in [-0.2, 0) is 4.79 Å².